The van der Waals surface area contributed by atoms with Crippen LogP contribution in [0.15, 0.2) is 27.3 Å². The van der Waals surface area contributed by atoms with Crippen LogP contribution in [-0.4, -0.2) is 12.6 Å². The molecule has 0 fully saturated rings. The lowest BCUT2D eigenvalue weighted by molar-refractivity contribution is 0.0527. The third-order valence-corrected chi connectivity index (χ3v) is 3.28. The number of carbonyl (C=O) groups excluding carboxylic acids is 1. The van der Waals surface area contributed by atoms with Crippen LogP contribution in [0.3, 0.4) is 0 Å². The Balaban J connectivity index is 2.58. The molecule has 0 saturated carbocycles. The van der Waals surface area contributed by atoms with Gasteiger partial charge in [0.2, 0.25) is 0 Å². The summed E-state index contributed by atoms with van der Waals surface area (Å²) in [6, 6.07) is 3.75. The van der Waals surface area contributed by atoms with Crippen LogP contribution in [0.25, 0.3) is 11.0 Å². The van der Waals surface area contributed by atoms with Crippen molar-refractivity contribution in [1.82, 2.24) is 0 Å². The number of ether oxygens (including phenoxy) is 1. The topological polar surface area (TPSA) is 39.4 Å². The lowest BCUT2D eigenvalue weighted by Crippen LogP contribution is -2.03. The van der Waals surface area contributed by atoms with Gasteiger partial charge in [-0.2, -0.15) is 0 Å². The first-order valence-corrected chi connectivity index (χ1v) is 5.78. The molecule has 84 valence electrons. The van der Waals surface area contributed by atoms with Crippen LogP contribution in [0, 0.1) is 6.92 Å². The number of hydrogen-bond donors (Lipinski definition) is 0. The van der Waals surface area contributed by atoms with Crippen LogP contribution in [0.5, 0.6) is 0 Å². The molecule has 1 aromatic heterocycles. The third-order valence-electron chi connectivity index (χ3n) is 2.42. The summed E-state index contributed by atoms with van der Waals surface area (Å²) in [7, 11) is 0. The molecule has 0 unspecified atom stereocenters. The Hall–Kier alpha value is -1.29. The van der Waals surface area contributed by atoms with Crippen LogP contribution in [-0.2, 0) is 4.74 Å². The lowest BCUT2D eigenvalue weighted by atomic mass is 10.1. The zero-order valence-corrected chi connectivity index (χ0v) is 10.6. The highest BCUT2D eigenvalue weighted by Gasteiger charge is 2.16. The van der Waals surface area contributed by atoms with Crippen molar-refractivity contribution in [2.24, 2.45) is 0 Å². The van der Waals surface area contributed by atoms with Crippen LogP contribution < -0.4 is 0 Å². The third kappa shape index (κ3) is 1.73. The van der Waals surface area contributed by atoms with E-state index in [1.165, 1.54) is 6.26 Å². The molecule has 4 heteroatoms. The van der Waals surface area contributed by atoms with Gasteiger partial charge >= 0.3 is 5.97 Å². The van der Waals surface area contributed by atoms with Crippen molar-refractivity contribution in [3.8, 4) is 0 Å². The number of carbonyl (C=O) groups is 1. The summed E-state index contributed by atoms with van der Waals surface area (Å²) in [4.78, 5) is 11.6. The molecule has 0 radical (unpaired) electrons. The summed E-state index contributed by atoms with van der Waals surface area (Å²) >= 11 is 3.42. The first kappa shape index (κ1) is 11.2. The van der Waals surface area contributed by atoms with Crippen molar-refractivity contribution >= 4 is 32.9 Å². The fraction of sp³-hybridized carbons (Fsp3) is 0.250. The maximum atomic E-state index is 11.6. The van der Waals surface area contributed by atoms with E-state index in [0.29, 0.717) is 12.2 Å². The van der Waals surface area contributed by atoms with E-state index < -0.39 is 0 Å². The maximum Gasteiger partial charge on any atom is 0.342 e. The molecule has 0 bridgehead atoms. The van der Waals surface area contributed by atoms with E-state index in [1.807, 2.05) is 19.1 Å². The Morgan fingerprint density at radius 3 is 2.94 bits per heavy atom. The van der Waals surface area contributed by atoms with Crippen LogP contribution in [0.2, 0.25) is 0 Å². The number of halogens is 1. The predicted octanol–water partition coefficient (Wildman–Crippen LogP) is 3.68. The average Bonchev–Trinajstić information content (AvgIpc) is 2.68. The number of fused-ring (bicyclic) bond motifs is 1. The van der Waals surface area contributed by atoms with Crippen molar-refractivity contribution in [1.29, 1.82) is 0 Å². The number of hydrogen-bond acceptors (Lipinski definition) is 3. The Morgan fingerprint density at radius 2 is 2.25 bits per heavy atom. The van der Waals surface area contributed by atoms with E-state index in [0.717, 1.165) is 21.0 Å². The molecule has 0 amide bonds. The zero-order valence-electron chi connectivity index (χ0n) is 9.04. The molecular formula is C12H11BrO3. The van der Waals surface area contributed by atoms with Gasteiger partial charge in [0.1, 0.15) is 17.4 Å². The second kappa shape index (κ2) is 4.29. The normalized spacial score (nSPS) is 10.7. The number of benzene rings is 1. The maximum absolute atomic E-state index is 11.6. The molecule has 3 nitrogen and oxygen atoms in total. The molecule has 0 saturated heterocycles. The van der Waals surface area contributed by atoms with Crippen LogP contribution in [0.1, 0.15) is 22.8 Å². The molecule has 0 spiro atoms. The standard InChI is InChI=1S/C12H11BrO3/c1-3-15-12(14)9-6-16-11-7(2)10(13)5-4-8(9)11/h4-6H,3H2,1-2H3. The van der Waals surface area contributed by atoms with Crippen molar-refractivity contribution < 1.29 is 13.9 Å². The van der Waals surface area contributed by atoms with E-state index >= 15 is 0 Å². The van der Waals surface area contributed by atoms with Gasteiger partial charge in [-0.05, 0) is 26.0 Å². The summed E-state index contributed by atoms with van der Waals surface area (Å²) < 4.78 is 11.3. The Morgan fingerprint density at radius 1 is 1.50 bits per heavy atom. The molecule has 16 heavy (non-hydrogen) atoms. The lowest BCUT2D eigenvalue weighted by Gasteiger charge is -2.00. The van der Waals surface area contributed by atoms with Gasteiger partial charge in [0.25, 0.3) is 0 Å². The second-order valence-corrected chi connectivity index (χ2v) is 4.27. The van der Waals surface area contributed by atoms with Crippen molar-refractivity contribution in [3.63, 3.8) is 0 Å². The molecule has 0 atom stereocenters. The Kier molecular flexibility index (Phi) is 3.01. The molecule has 1 heterocycles. The quantitative estimate of drug-likeness (QED) is 0.789. The molecule has 0 aliphatic rings. The highest BCUT2D eigenvalue weighted by atomic mass is 79.9. The largest absolute Gasteiger partial charge is 0.463 e. The SMILES string of the molecule is CCOC(=O)c1coc2c(C)c(Br)ccc12. The van der Waals surface area contributed by atoms with Crippen LogP contribution in [0.4, 0.5) is 0 Å². The van der Waals surface area contributed by atoms with Crippen LogP contribution >= 0.6 is 15.9 Å². The summed E-state index contributed by atoms with van der Waals surface area (Å²) in [5, 5.41) is 0.791. The van der Waals surface area contributed by atoms with Crippen molar-refractivity contribution in [2.45, 2.75) is 13.8 Å². The fourth-order valence-corrected chi connectivity index (χ4v) is 1.89. The fourth-order valence-electron chi connectivity index (χ4n) is 1.58. The molecule has 2 rings (SSSR count). The molecular weight excluding hydrogens is 272 g/mol. The van der Waals surface area contributed by atoms with E-state index in [4.69, 9.17) is 9.15 Å². The molecule has 0 aliphatic heterocycles. The molecule has 0 N–H and O–H groups in total. The Labute approximate surface area is 102 Å². The van der Waals surface area contributed by atoms with Gasteiger partial charge in [0, 0.05) is 15.4 Å². The number of esters is 1. The van der Waals surface area contributed by atoms with Gasteiger partial charge in [-0.25, -0.2) is 4.79 Å². The van der Waals surface area contributed by atoms with E-state index in [-0.39, 0.29) is 5.97 Å². The highest BCUT2D eigenvalue weighted by Crippen LogP contribution is 2.29. The molecule has 2 aromatic rings. The summed E-state index contributed by atoms with van der Waals surface area (Å²) in [5.74, 6) is -0.344. The average molecular weight is 283 g/mol. The first-order valence-electron chi connectivity index (χ1n) is 4.98. The second-order valence-electron chi connectivity index (χ2n) is 3.42. The van der Waals surface area contributed by atoms with E-state index in [9.17, 15) is 4.79 Å². The summed E-state index contributed by atoms with van der Waals surface area (Å²) in [5.41, 5.74) is 2.18. The zero-order chi connectivity index (χ0) is 11.7. The smallest absolute Gasteiger partial charge is 0.342 e. The molecule has 1 aromatic carbocycles. The van der Waals surface area contributed by atoms with Gasteiger partial charge in [-0.15, -0.1) is 0 Å². The van der Waals surface area contributed by atoms with Gasteiger partial charge < -0.3 is 9.15 Å². The van der Waals surface area contributed by atoms with Gasteiger partial charge in [0.05, 0.1) is 6.61 Å². The van der Waals surface area contributed by atoms with Crippen molar-refractivity contribution in [3.05, 3.63) is 34.0 Å². The first-order chi connectivity index (χ1) is 7.65. The highest BCUT2D eigenvalue weighted by molar-refractivity contribution is 9.10. The van der Waals surface area contributed by atoms with Crippen molar-refractivity contribution in [2.75, 3.05) is 6.61 Å². The molecule has 0 aliphatic carbocycles. The number of rotatable bonds is 2. The number of furan rings is 1. The van der Waals surface area contributed by atoms with E-state index in [2.05, 4.69) is 15.9 Å². The summed E-state index contributed by atoms with van der Waals surface area (Å²) in [6.45, 7) is 4.08. The minimum absolute atomic E-state index is 0.344. The van der Waals surface area contributed by atoms with Gasteiger partial charge in [0.15, 0.2) is 0 Å². The number of aryl methyl sites for hydroxylation is 1. The van der Waals surface area contributed by atoms with Gasteiger partial charge in [-0.1, -0.05) is 15.9 Å². The Bertz CT molecular complexity index is 542. The summed E-state index contributed by atoms with van der Waals surface area (Å²) in [6.07, 6.45) is 1.45. The minimum atomic E-state index is -0.344. The predicted molar refractivity (Wildman–Crippen MR) is 64.6 cm³/mol. The van der Waals surface area contributed by atoms with E-state index in [1.54, 1.807) is 6.92 Å². The monoisotopic (exact) mass is 282 g/mol. The minimum Gasteiger partial charge on any atom is -0.463 e. The van der Waals surface area contributed by atoms with Gasteiger partial charge in [-0.3, -0.25) is 0 Å².